The second kappa shape index (κ2) is 4.03. The van der Waals surface area contributed by atoms with Crippen molar-refractivity contribution in [3.63, 3.8) is 0 Å². The van der Waals surface area contributed by atoms with Crippen LogP contribution in [0.15, 0.2) is 11.8 Å². The number of rotatable bonds is 1. The number of carbonyl (C=O) groups is 1. The lowest BCUT2D eigenvalue weighted by Crippen LogP contribution is -2.38. The zero-order chi connectivity index (χ0) is 10.8. The maximum Gasteiger partial charge on any atom is 0.227 e. The van der Waals surface area contributed by atoms with Crippen LogP contribution in [0.1, 0.15) is 27.2 Å². The summed E-state index contributed by atoms with van der Waals surface area (Å²) >= 11 is 0. The molecule has 0 saturated carbocycles. The van der Waals surface area contributed by atoms with E-state index in [2.05, 4.69) is 19.2 Å². The number of nitrogens with one attached hydrogen (secondary N) is 1. The minimum atomic E-state index is -0.0741. The molecule has 3 nitrogen and oxygen atoms in total. The average molecular weight is 197 g/mol. The molecule has 0 aromatic carbocycles. The van der Waals surface area contributed by atoms with Gasteiger partial charge in [-0.25, -0.2) is 0 Å². The molecule has 0 radical (unpaired) electrons. The van der Waals surface area contributed by atoms with E-state index in [9.17, 15) is 4.79 Å². The quantitative estimate of drug-likeness (QED) is 0.694. The summed E-state index contributed by atoms with van der Waals surface area (Å²) < 4.78 is 5.33. The first kappa shape index (κ1) is 11.1. The molecule has 3 heteroatoms. The number of ether oxygens (including phenoxy) is 1. The van der Waals surface area contributed by atoms with E-state index in [0.717, 1.165) is 12.0 Å². The van der Waals surface area contributed by atoms with E-state index >= 15 is 0 Å². The van der Waals surface area contributed by atoms with Crippen LogP contribution in [0, 0.1) is 11.3 Å². The number of hydrogen-bond acceptors (Lipinski definition) is 2. The molecular formula is C11H19NO2. The predicted octanol–water partition coefficient (Wildman–Crippen LogP) is 1.70. The lowest BCUT2D eigenvalue weighted by Gasteiger charge is -2.31. The highest BCUT2D eigenvalue weighted by atomic mass is 16.5. The summed E-state index contributed by atoms with van der Waals surface area (Å²) in [6.45, 7) is 6.86. The molecule has 1 unspecified atom stereocenters. The van der Waals surface area contributed by atoms with Gasteiger partial charge < -0.3 is 10.1 Å². The molecule has 0 aromatic rings. The van der Waals surface area contributed by atoms with Gasteiger partial charge in [0, 0.05) is 7.05 Å². The normalized spacial score (nSPS) is 25.7. The van der Waals surface area contributed by atoms with E-state index in [1.807, 2.05) is 6.92 Å². The van der Waals surface area contributed by atoms with Crippen LogP contribution in [0.5, 0.6) is 0 Å². The molecule has 1 amide bonds. The Bertz CT molecular complexity index is 256. The van der Waals surface area contributed by atoms with Gasteiger partial charge in [-0.2, -0.15) is 0 Å². The predicted molar refractivity (Wildman–Crippen MR) is 55.7 cm³/mol. The van der Waals surface area contributed by atoms with E-state index in [0.29, 0.717) is 6.61 Å². The van der Waals surface area contributed by atoms with Crippen molar-refractivity contribution in [2.24, 2.45) is 11.3 Å². The topological polar surface area (TPSA) is 38.3 Å². The number of hydrogen-bond donors (Lipinski definition) is 1. The molecule has 1 heterocycles. The van der Waals surface area contributed by atoms with Gasteiger partial charge in [0.25, 0.3) is 0 Å². The summed E-state index contributed by atoms with van der Waals surface area (Å²) in [4.78, 5) is 11.7. The molecule has 0 fully saturated rings. The molecule has 80 valence electrons. The number of carbonyl (C=O) groups excluding carboxylic acids is 1. The average Bonchev–Trinajstić information content (AvgIpc) is 2.23. The SMILES string of the molecule is CNC(=O)C1C(C)=COCCC1(C)C. The molecule has 1 aliphatic rings. The molecular weight excluding hydrogens is 178 g/mol. The van der Waals surface area contributed by atoms with Gasteiger partial charge in [-0.15, -0.1) is 0 Å². The largest absolute Gasteiger partial charge is 0.501 e. The summed E-state index contributed by atoms with van der Waals surface area (Å²) in [6.07, 6.45) is 2.62. The Balaban J connectivity index is 2.98. The standard InChI is InChI=1S/C11H19NO2/c1-8-7-14-6-5-11(2,3)9(8)10(13)12-4/h7,9H,5-6H2,1-4H3,(H,12,13). The van der Waals surface area contributed by atoms with Crippen molar-refractivity contribution < 1.29 is 9.53 Å². The highest BCUT2D eigenvalue weighted by Gasteiger charge is 2.37. The van der Waals surface area contributed by atoms with E-state index in [1.54, 1.807) is 13.3 Å². The first-order valence-corrected chi connectivity index (χ1v) is 4.99. The van der Waals surface area contributed by atoms with Crippen LogP contribution in [0.4, 0.5) is 0 Å². The van der Waals surface area contributed by atoms with Gasteiger partial charge in [0.1, 0.15) is 0 Å². The fraction of sp³-hybridized carbons (Fsp3) is 0.727. The molecule has 1 rings (SSSR count). The molecule has 0 saturated heterocycles. The molecule has 0 spiro atoms. The number of amides is 1. The zero-order valence-electron chi connectivity index (χ0n) is 9.39. The van der Waals surface area contributed by atoms with Crippen molar-refractivity contribution in [2.45, 2.75) is 27.2 Å². The van der Waals surface area contributed by atoms with Gasteiger partial charge in [-0.05, 0) is 24.3 Å². The van der Waals surface area contributed by atoms with E-state index in [-0.39, 0.29) is 17.2 Å². The Hall–Kier alpha value is -0.990. The van der Waals surface area contributed by atoms with Gasteiger partial charge in [0.2, 0.25) is 5.91 Å². The zero-order valence-corrected chi connectivity index (χ0v) is 9.39. The Morgan fingerprint density at radius 3 is 2.86 bits per heavy atom. The molecule has 0 aromatic heterocycles. The Kier molecular flexibility index (Phi) is 3.19. The summed E-state index contributed by atoms with van der Waals surface area (Å²) in [6, 6.07) is 0. The highest BCUT2D eigenvalue weighted by molar-refractivity contribution is 5.82. The Morgan fingerprint density at radius 1 is 1.64 bits per heavy atom. The van der Waals surface area contributed by atoms with Crippen molar-refractivity contribution in [2.75, 3.05) is 13.7 Å². The maximum absolute atomic E-state index is 11.7. The van der Waals surface area contributed by atoms with Crippen LogP contribution >= 0.6 is 0 Å². The van der Waals surface area contributed by atoms with Gasteiger partial charge in [-0.3, -0.25) is 4.79 Å². The minimum Gasteiger partial charge on any atom is -0.501 e. The van der Waals surface area contributed by atoms with Crippen molar-refractivity contribution in [3.8, 4) is 0 Å². The van der Waals surface area contributed by atoms with Crippen molar-refractivity contribution >= 4 is 5.91 Å². The van der Waals surface area contributed by atoms with Crippen LogP contribution in [0.3, 0.4) is 0 Å². The lowest BCUT2D eigenvalue weighted by atomic mass is 9.73. The third-order valence-corrected chi connectivity index (χ3v) is 2.88. The fourth-order valence-corrected chi connectivity index (χ4v) is 2.05. The van der Waals surface area contributed by atoms with Crippen LogP contribution in [-0.4, -0.2) is 19.6 Å². The van der Waals surface area contributed by atoms with E-state index in [1.165, 1.54) is 0 Å². The van der Waals surface area contributed by atoms with E-state index < -0.39 is 0 Å². The van der Waals surface area contributed by atoms with E-state index in [4.69, 9.17) is 4.74 Å². The lowest BCUT2D eigenvalue weighted by molar-refractivity contribution is -0.126. The first-order chi connectivity index (χ1) is 6.49. The summed E-state index contributed by atoms with van der Waals surface area (Å²) in [5.41, 5.74) is 0.976. The second-order valence-corrected chi connectivity index (χ2v) is 4.52. The van der Waals surface area contributed by atoms with Crippen molar-refractivity contribution in [1.29, 1.82) is 0 Å². The summed E-state index contributed by atoms with van der Waals surface area (Å²) in [5, 5.41) is 2.71. The van der Waals surface area contributed by atoms with Crippen LogP contribution in [0.2, 0.25) is 0 Å². The Morgan fingerprint density at radius 2 is 2.29 bits per heavy atom. The monoisotopic (exact) mass is 197 g/mol. The molecule has 1 N–H and O–H groups in total. The highest BCUT2D eigenvalue weighted by Crippen LogP contribution is 2.37. The van der Waals surface area contributed by atoms with Gasteiger partial charge in [0.15, 0.2) is 0 Å². The smallest absolute Gasteiger partial charge is 0.227 e. The molecule has 1 atom stereocenters. The van der Waals surface area contributed by atoms with Crippen molar-refractivity contribution in [3.05, 3.63) is 11.8 Å². The molecule has 1 aliphatic heterocycles. The minimum absolute atomic E-state index is 0.0306. The third kappa shape index (κ3) is 2.08. The first-order valence-electron chi connectivity index (χ1n) is 4.99. The fourth-order valence-electron chi connectivity index (χ4n) is 2.05. The van der Waals surface area contributed by atoms with Crippen LogP contribution in [-0.2, 0) is 9.53 Å². The Labute approximate surface area is 85.5 Å². The van der Waals surface area contributed by atoms with Crippen LogP contribution < -0.4 is 5.32 Å². The molecule has 0 bridgehead atoms. The van der Waals surface area contributed by atoms with Gasteiger partial charge in [0.05, 0.1) is 18.8 Å². The van der Waals surface area contributed by atoms with Gasteiger partial charge >= 0.3 is 0 Å². The second-order valence-electron chi connectivity index (χ2n) is 4.52. The van der Waals surface area contributed by atoms with Crippen molar-refractivity contribution in [1.82, 2.24) is 5.32 Å². The molecule has 14 heavy (non-hydrogen) atoms. The summed E-state index contributed by atoms with van der Waals surface area (Å²) in [5.74, 6) is 0.00394. The van der Waals surface area contributed by atoms with Gasteiger partial charge in [-0.1, -0.05) is 13.8 Å². The summed E-state index contributed by atoms with van der Waals surface area (Å²) in [7, 11) is 1.68. The third-order valence-electron chi connectivity index (χ3n) is 2.88. The van der Waals surface area contributed by atoms with Crippen LogP contribution in [0.25, 0.3) is 0 Å². The maximum atomic E-state index is 11.7. The molecule has 0 aliphatic carbocycles.